The van der Waals surface area contributed by atoms with Crippen LogP contribution in [0.1, 0.15) is 17.0 Å². The molecule has 3 heterocycles. The molecule has 1 fully saturated rings. The van der Waals surface area contributed by atoms with Crippen molar-refractivity contribution in [1.82, 2.24) is 15.1 Å². The van der Waals surface area contributed by atoms with Gasteiger partial charge in [0.25, 0.3) is 11.8 Å². The molecule has 9 nitrogen and oxygen atoms in total. The summed E-state index contributed by atoms with van der Waals surface area (Å²) in [5.74, 6) is -0.144. The first-order valence-electron chi connectivity index (χ1n) is 9.63. The maximum Gasteiger partial charge on any atom is 0.263 e. The van der Waals surface area contributed by atoms with Gasteiger partial charge in [-0.2, -0.15) is 10.1 Å². The fourth-order valence-electron chi connectivity index (χ4n) is 3.69. The molecule has 31 heavy (non-hydrogen) atoms. The van der Waals surface area contributed by atoms with Crippen LogP contribution >= 0.6 is 11.6 Å². The van der Waals surface area contributed by atoms with Gasteiger partial charge in [0.05, 0.1) is 5.69 Å². The second kappa shape index (κ2) is 7.28. The molecular weight excluding hydrogens is 420 g/mol. The monoisotopic (exact) mass is 436 g/mol. The van der Waals surface area contributed by atoms with E-state index in [0.29, 0.717) is 16.5 Å². The average molecular weight is 437 g/mol. The highest BCUT2D eigenvalue weighted by molar-refractivity contribution is 6.32. The van der Waals surface area contributed by atoms with Gasteiger partial charge in [-0.05, 0) is 37.6 Å². The third-order valence-corrected chi connectivity index (χ3v) is 5.72. The zero-order chi connectivity index (χ0) is 21.7. The molecule has 156 valence electrons. The van der Waals surface area contributed by atoms with Crippen molar-refractivity contribution in [3.63, 3.8) is 0 Å². The fourth-order valence-corrected chi connectivity index (χ4v) is 3.86. The van der Waals surface area contributed by atoms with E-state index in [2.05, 4.69) is 20.5 Å². The number of nitrogens with zero attached hydrogens (tertiary/aromatic N) is 6. The number of amides is 2. The van der Waals surface area contributed by atoms with Gasteiger partial charge in [0.15, 0.2) is 12.1 Å². The Kier molecular flexibility index (Phi) is 4.55. The quantitative estimate of drug-likeness (QED) is 0.580. The second-order valence-corrected chi connectivity index (χ2v) is 7.93. The molecule has 0 spiro atoms. The highest BCUT2D eigenvalue weighted by Crippen LogP contribution is 2.34. The fraction of sp³-hybridized carbons (Fsp3) is 0.238. The van der Waals surface area contributed by atoms with Crippen LogP contribution in [0.4, 0.5) is 5.69 Å². The summed E-state index contributed by atoms with van der Waals surface area (Å²) in [6.07, 6.45) is 0. The molecule has 2 aromatic carbocycles. The minimum absolute atomic E-state index is 0.0605. The summed E-state index contributed by atoms with van der Waals surface area (Å²) < 4.78 is 5.34. The van der Waals surface area contributed by atoms with Crippen LogP contribution < -0.4 is 4.90 Å². The van der Waals surface area contributed by atoms with E-state index in [0.717, 1.165) is 21.6 Å². The molecule has 1 saturated heterocycles. The molecule has 0 bridgehead atoms. The molecule has 2 atom stereocenters. The molecule has 2 aliphatic heterocycles. The second-order valence-electron chi connectivity index (χ2n) is 7.52. The van der Waals surface area contributed by atoms with E-state index in [9.17, 15) is 9.59 Å². The zero-order valence-electron chi connectivity index (χ0n) is 16.7. The number of rotatable bonds is 4. The molecule has 2 amide bonds. The first-order chi connectivity index (χ1) is 14.9. The molecule has 0 unspecified atom stereocenters. The number of aromatic nitrogens is 2. The van der Waals surface area contributed by atoms with Crippen LogP contribution in [0.25, 0.3) is 11.4 Å². The van der Waals surface area contributed by atoms with Crippen molar-refractivity contribution in [3.8, 4) is 11.4 Å². The molecule has 0 aliphatic carbocycles. The predicted octanol–water partition coefficient (Wildman–Crippen LogP) is 3.50. The maximum absolute atomic E-state index is 13.1. The largest absolute Gasteiger partial charge is 0.337 e. The summed E-state index contributed by atoms with van der Waals surface area (Å²) in [4.78, 5) is 31.4. The van der Waals surface area contributed by atoms with E-state index in [1.54, 1.807) is 18.2 Å². The van der Waals surface area contributed by atoms with Crippen LogP contribution in [0.2, 0.25) is 5.02 Å². The Bertz CT molecular complexity index is 1240. The molecular formula is C21H17ClN6O3. The van der Waals surface area contributed by atoms with Gasteiger partial charge in [0.2, 0.25) is 11.7 Å². The molecule has 0 saturated carbocycles. The standard InChI is InChI=1S/C21H17ClN6O3/c1-11-4-3-5-13(8-11)19-23-16(31-25-19)10-27-18-17(24-26-27)20(29)28(21(18)30)14-7-6-12(2)15(22)9-14/h3-9,17-18H,10H2,1-2H3/t17-,18-/m0/s1. The van der Waals surface area contributed by atoms with Crippen LogP contribution in [0.3, 0.4) is 0 Å². The van der Waals surface area contributed by atoms with Gasteiger partial charge >= 0.3 is 0 Å². The first-order valence-corrected chi connectivity index (χ1v) is 10.0. The number of anilines is 1. The number of fused-ring (bicyclic) bond motifs is 1. The van der Waals surface area contributed by atoms with Crippen LogP contribution in [-0.4, -0.2) is 39.0 Å². The number of carbonyl (C=O) groups excluding carboxylic acids is 2. The third-order valence-electron chi connectivity index (χ3n) is 5.31. The number of halogens is 1. The van der Waals surface area contributed by atoms with E-state index in [1.807, 2.05) is 38.1 Å². The van der Waals surface area contributed by atoms with E-state index in [4.69, 9.17) is 16.1 Å². The van der Waals surface area contributed by atoms with Gasteiger partial charge in [0.1, 0.15) is 6.54 Å². The molecule has 10 heteroatoms. The van der Waals surface area contributed by atoms with Gasteiger partial charge < -0.3 is 4.52 Å². The van der Waals surface area contributed by atoms with E-state index in [1.165, 1.54) is 5.01 Å². The van der Waals surface area contributed by atoms with Crippen molar-refractivity contribution in [1.29, 1.82) is 0 Å². The van der Waals surface area contributed by atoms with Crippen molar-refractivity contribution in [3.05, 3.63) is 64.5 Å². The SMILES string of the molecule is Cc1cccc(-c2noc(CN3N=N[C@@H]4C(=O)N(c5ccc(C)c(Cl)c5)C(=O)[C@H]43)n2)c1. The molecule has 2 aliphatic rings. The lowest BCUT2D eigenvalue weighted by Gasteiger charge is -2.19. The first kappa shape index (κ1) is 19.4. The van der Waals surface area contributed by atoms with E-state index in [-0.39, 0.29) is 12.4 Å². The predicted molar refractivity (Wildman–Crippen MR) is 111 cm³/mol. The molecule has 5 rings (SSSR count). The maximum atomic E-state index is 13.1. The topological polar surface area (TPSA) is 104 Å². The van der Waals surface area contributed by atoms with Crippen LogP contribution in [0, 0.1) is 13.8 Å². The summed E-state index contributed by atoms with van der Waals surface area (Å²) in [5, 5.41) is 13.9. The summed E-state index contributed by atoms with van der Waals surface area (Å²) >= 11 is 6.18. The number of hydrogen-bond acceptors (Lipinski definition) is 8. The van der Waals surface area contributed by atoms with Crippen LogP contribution in [-0.2, 0) is 16.1 Å². The number of imide groups is 1. The van der Waals surface area contributed by atoms with Gasteiger partial charge in [0, 0.05) is 10.6 Å². The highest BCUT2D eigenvalue weighted by atomic mass is 35.5. The summed E-state index contributed by atoms with van der Waals surface area (Å²) in [6.45, 7) is 3.88. The Hall–Kier alpha value is -3.59. The highest BCUT2D eigenvalue weighted by Gasteiger charge is 2.55. The Morgan fingerprint density at radius 1 is 1.10 bits per heavy atom. The van der Waals surface area contributed by atoms with E-state index >= 15 is 0 Å². The van der Waals surface area contributed by atoms with Crippen molar-refractivity contribution in [2.24, 2.45) is 10.3 Å². The number of hydrogen-bond donors (Lipinski definition) is 0. The van der Waals surface area contributed by atoms with Crippen molar-refractivity contribution < 1.29 is 14.1 Å². The number of benzene rings is 2. The summed E-state index contributed by atoms with van der Waals surface area (Å²) in [7, 11) is 0. The lowest BCUT2D eigenvalue weighted by Crippen LogP contribution is -2.39. The van der Waals surface area contributed by atoms with E-state index < -0.39 is 23.9 Å². The van der Waals surface area contributed by atoms with Crippen molar-refractivity contribution >= 4 is 29.1 Å². The molecule has 3 aromatic rings. The zero-order valence-corrected chi connectivity index (χ0v) is 17.4. The van der Waals surface area contributed by atoms with Crippen LogP contribution in [0.15, 0.2) is 57.3 Å². The van der Waals surface area contributed by atoms with Gasteiger partial charge in [-0.3, -0.25) is 14.6 Å². The summed E-state index contributed by atoms with van der Waals surface area (Å²) in [6, 6.07) is 11.0. The lowest BCUT2D eigenvalue weighted by atomic mass is 10.1. The summed E-state index contributed by atoms with van der Waals surface area (Å²) in [5.41, 5.74) is 3.17. The Morgan fingerprint density at radius 3 is 2.71 bits per heavy atom. The normalized spacial score (nSPS) is 20.1. The van der Waals surface area contributed by atoms with Gasteiger partial charge in [-0.1, -0.05) is 51.8 Å². The number of aryl methyl sites for hydroxylation is 2. The lowest BCUT2D eigenvalue weighted by molar-refractivity contribution is -0.123. The van der Waals surface area contributed by atoms with Crippen molar-refractivity contribution in [2.75, 3.05) is 4.90 Å². The number of carbonyl (C=O) groups is 2. The Balaban J connectivity index is 1.37. The van der Waals surface area contributed by atoms with Crippen molar-refractivity contribution in [2.45, 2.75) is 32.5 Å². The Morgan fingerprint density at radius 2 is 1.94 bits per heavy atom. The van der Waals surface area contributed by atoms with Gasteiger partial charge in [-0.15, -0.1) is 0 Å². The minimum Gasteiger partial charge on any atom is -0.337 e. The minimum atomic E-state index is -0.910. The Labute approximate surface area is 182 Å². The molecule has 1 aromatic heterocycles. The van der Waals surface area contributed by atoms with Gasteiger partial charge in [-0.25, -0.2) is 4.90 Å². The average Bonchev–Trinajstić information content (AvgIpc) is 3.43. The third kappa shape index (κ3) is 3.27. The molecule has 0 radical (unpaired) electrons. The smallest absolute Gasteiger partial charge is 0.263 e. The van der Waals surface area contributed by atoms with Crippen LogP contribution in [0.5, 0.6) is 0 Å². The molecule has 0 N–H and O–H groups in total.